The standard InChI is InChI=1S/C14H18O7/c1-9(2)17-12-7-5-11(6-8-12)13(15)19-21-20-14(16)18-10(3)4/h5-10H,1-4H3. The van der Waals surface area contributed by atoms with Gasteiger partial charge >= 0.3 is 12.1 Å². The van der Waals surface area contributed by atoms with E-state index in [-0.39, 0.29) is 17.8 Å². The van der Waals surface area contributed by atoms with Gasteiger partial charge < -0.3 is 9.47 Å². The van der Waals surface area contributed by atoms with Crippen molar-refractivity contribution in [3.8, 4) is 5.75 Å². The lowest BCUT2D eigenvalue weighted by Gasteiger charge is -2.09. The monoisotopic (exact) mass is 298 g/mol. The molecular formula is C14H18O7. The van der Waals surface area contributed by atoms with Crippen LogP contribution in [0.15, 0.2) is 24.3 Å². The van der Waals surface area contributed by atoms with Gasteiger partial charge in [0, 0.05) is 0 Å². The van der Waals surface area contributed by atoms with E-state index in [1.807, 2.05) is 13.8 Å². The number of rotatable bonds is 6. The average molecular weight is 298 g/mol. The molecule has 1 aromatic rings. The predicted octanol–water partition coefficient (Wildman–Crippen LogP) is 3.04. The average Bonchev–Trinajstić information content (AvgIpc) is 2.37. The Balaban J connectivity index is 2.40. The highest BCUT2D eigenvalue weighted by atomic mass is 17.5. The molecule has 0 aliphatic carbocycles. The zero-order valence-corrected chi connectivity index (χ0v) is 12.3. The minimum absolute atomic E-state index is 0.0338. The van der Waals surface area contributed by atoms with Crippen molar-refractivity contribution in [3.63, 3.8) is 0 Å². The van der Waals surface area contributed by atoms with Crippen LogP contribution in [0.25, 0.3) is 0 Å². The zero-order chi connectivity index (χ0) is 15.8. The maximum absolute atomic E-state index is 11.6. The molecule has 0 saturated carbocycles. The third kappa shape index (κ3) is 6.62. The van der Waals surface area contributed by atoms with Crippen LogP contribution in [-0.4, -0.2) is 24.3 Å². The molecule has 1 rings (SSSR count). The van der Waals surface area contributed by atoms with Crippen LogP contribution in [0.5, 0.6) is 5.75 Å². The van der Waals surface area contributed by atoms with Gasteiger partial charge in [-0.05, 0) is 52.0 Å². The van der Waals surface area contributed by atoms with E-state index in [9.17, 15) is 9.59 Å². The highest BCUT2D eigenvalue weighted by molar-refractivity contribution is 5.89. The molecule has 7 nitrogen and oxygen atoms in total. The molecular weight excluding hydrogens is 280 g/mol. The van der Waals surface area contributed by atoms with Crippen LogP contribution < -0.4 is 4.74 Å². The maximum atomic E-state index is 11.6. The van der Waals surface area contributed by atoms with E-state index in [0.717, 1.165) is 0 Å². The van der Waals surface area contributed by atoms with E-state index in [4.69, 9.17) is 4.74 Å². The van der Waals surface area contributed by atoms with Crippen LogP contribution in [0.2, 0.25) is 0 Å². The van der Waals surface area contributed by atoms with Crippen LogP contribution in [0.3, 0.4) is 0 Å². The zero-order valence-electron chi connectivity index (χ0n) is 12.3. The van der Waals surface area contributed by atoms with Gasteiger partial charge in [-0.25, -0.2) is 14.5 Å². The molecule has 0 bridgehead atoms. The summed E-state index contributed by atoms with van der Waals surface area (Å²) >= 11 is 0. The van der Waals surface area contributed by atoms with Crippen molar-refractivity contribution in [1.82, 2.24) is 0 Å². The number of ether oxygens (including phenoxy) is 2. The van der Waals surface area contributed by atoms with Gasteiger partial charge in [0.05, 0.1) is 22.8 Å². The van der Waals surface area contributed by atoms with Crippen molar-refractivity contribution >= 4 is 12.1 Å². The molecule has 21 heavy (non-hydrogen) atoms. The molecule has 1 aromatic carbocycles. The molecule has 0 fully saturated rings. The van der Waals surface area contributed by atoms with E-state index < -0.39 is 12.1 Å². The molecule has 0 N–H and O–H groups in total. The molecule has 0 unspecified atom stereocenters. The number of hydrogen-bond donors (Lipinski definition) is 0. The second-order valence-electron chi connectivity index (χ2n) is 4.63. The maximum Gasteiger partial charge on any atom is 0.543 e. The van der Waals surface area contributed by atoms with E-state index in [1.165, 1.54) is 12.1 Å². The van der Waals surface area contributed by atoms with E-state index in [0.29, 0.717) is 5.75 Å². The van der Waals surface area contributed by atoms with Crippen LogP contribution in [0.4, 0.5) is 4.79 Å². The molecule has 0 heterocycles. The summed E-state index contributed by atoms with van der Waals surface area (Å²) < 4.78 is 10.0. The minimum Gasteiger partial charge on any atom is -0.491 e. The van der Waals surface area contributed by atoms with E-state index in [2.05, 4.69) is 19.6 Å². The second-order valence-corrected chi connectivity index (χ2v) is 4.63. The van der Waals surface area contributed by atoms with Gasteiger partial charge in [-0.3, -0.25) is 4.89 Å². The van der Waals surface area contributed by atoms with E-state index >= 15 is 0 Å². The molecule has 0 radical (unpaired) electrons. The third-order valence-corrected chi connectivity index (χ3v) is 2.01. The number of benzene rings is 1. The summed E-state index contributed by atoms with van der Waals surface area (Å²) in [5.41, 5.74) is 0.215. The van der Waals surface area contributed by atoms with Crippen LogP contribution in [-0.2, 0) is 19.6 Å². The summed E-state index contributed by atoms with van der Waals surface area (Å²) in [5, 5.41) is 4.05. The lowest BCUT2D eigenvalue weighted by Crippen LogP contribution is -2.15. The first-order valence-corrected chi connectivity index (χ1v) is 6.41. The number of carbonyl (C=O) groups excluding carboxylic acids is 2. The molecule has 0 spiro atoms. The molecule has 116 valence electrons. The predicted molar refractivity (Wildman–Crippen MR) is 71.4 cm³/mol. The molecule has 0 aromatic heterocycles. The summed E-state index contributed by atoms with van der Waals surface area (Å²) in [5.74, 6) is -0.192. The fourth-order valence-corrected chi connectivity index (χ4v) is 1.28. The van der Waals surface area contributed by atoms with Gasteiger partial charge in [0.1, 0.15) is 5.75 Å². The lowest BCUT2D eigenvalue weighted by atomic mass is 10.2. The highest BCUT2D eigenvalue weighted by Gasteiger charge is 2.13. The Morgan fingerprint density at radius 1 is 0.905 bits per heavy atom. The third-order valence-electron chi connectivity index (χ3n) is 2.01. The topological polar surface area (TPSA) is 80.3 Å². The Morgan fingerprint density at radius 3 is 2.05 bits per heavy atom. The largest absolute Gasteiger partial charge is 0.543 e. The van der Waals surface area contributed by atoms with Gasteiger partial charge in [0.15, 0.2) is 0 Å². The Bertz CT molecular complexity index is 465. The van der Waals surface area contributed by atoms with Crippen molar-refractivity contribution in [2.24, 2.45) is 0 Å². The summed E-state index contributed by atoms with van der Waals surface area (Å²) in [6.45, 7) is 7.05. The van der Waals surface area contributed by atoms with E-state index in [1.54, 1.807) is 26.0 Å². The molecule has 0 amide bonds. The SMILES string of the molecule is CC(C)OC(=O)OOOC(=O)c1ccc(OC(C)C)cc1. The Hall–Kier alpha value is -2.28. The van der Waals surface area contributed by atoms with Gasteiger partial charge in [-0.15, -0.1) is 0 Å². The first-order chi connectivity index (χ1) is 9.88. The highest BCUT2D eigenvalue weighted by Crippen LogP contribution is 2.14. The Labute approximate surface area is 122 Å². The van der Waals surface area contributed by atoms with Crippen molar-refractivity contribution < 1.29 is 33.9 Å². The van der Waals surface area contributed by atoms with Gasteiger partial charge in [0.2, 0.25) is 0 Å². The van der Waals surface area contributed by atoms with Gasteiger partial charge in [-0.1, -0.05) is 0 Å². The fourth-order valence-electron chi connectivity index (χ4n) is 1.28. The van der Waals surface area contributed by atoms with Crippen molar-refractivity contribution in [1.29, 1.82) is 0 Å². The van der Waals surface area contributed by atoms with Crippen molar-refractivity contribution in [3.05, 3.63) is 29.8 Å². The van der Waals surface area contributed by atoms with Crippen LogP contribution in [0, 0.1) is 0 Å². The summed E-state index contributed by atoms with van der Waals surface area (Å²) in [4.78, 5) is 30.9. The lowest BCUT2D eigenvalue weighted by molar-refractivity contribution is -0.452. The van der Waals surface area contributed by atoms with Crippen molar-refractivity contribution in [2.45, 2.75) is 39.9 Å². The molecule has 0 aliphatic rings. The molecule has 7 heteroatoms. The summed E-state index contributed by atoms with van der Waals surface area (Å²) in [6, 6.07) is 6.22. The Kier molecular flexibility index (Phi) is 6.48. The van der Waals surface area contributed by atoms with Gasteiger partial charge in [-0.2, -0.15) is 0 Å². The molecule has 0 atom stereocenters. The van der Waals surface area contributed by atoms with Crippen molar-refractivity contribution in [2.75, 3.05) is 0 Å². The first-order valence-electron chi connectivity index (χ1n) is 6.41. The van der Waals surface area contributed by atoms with Gasteiger partial charge in [0.25, 0.3) is 0 Å². The first kappa shape index (κ1) is 16.8. The molecule has 0 aliphatic heterocycles. The molecule has 0 saturated heterocycles. The normalized spacial score (nSPS) is 10.4. The fraction of sp³-hybridized carbons (Fsp3) is 0.429. The minimum atomic E-state index is -1.10. The Morgan fingerprint density at radius 2 is 1.52 bits per heavy atom. The smallest absolute Gasteiger partial charge is 0.491 e. The number of hydrogen-bond acceptors (Lipinski definition) is 7. The van der Waals surface area contributed by atoms with Crippen LogP contribution >= 0.6 is 0 Å². The number of carbonyl (C=O) groups is 2. The summed E-state index contributed by atoms with van der Waals surface area (Å²) in [7, 11) is 0. The second kappa shape index (κ2) is 8.11. The van der Waals surface area contributed by atoms with Crippen LogP contribution in [0.1, 0.15) is 38.1 Å². The quantitative estimate of drug-likeness (QED) is 0.453. The summed E-state index contributed by atoms with van der Waals surface area (Å²) in [6.07, 6.45) is -1.43.